The fourth-order valence-electron chi connectivity index (χ4n) is 1.76. The van der Waals surface area contributed by atoms with Crippen LogP contribution in [-0.2, 0) is 0 Å². The average Bonchev–Trinajstić information content (AvgIpc) is 2.83. The van der Waals surface area contributed by atoms with Gasteiger partial charge in [0.2, 0.25) is 5.89 Å². The number of rotatable bonds is 6. The summed E-state index contributed by atoms with van der Waals surface area (Å²) in [6.45, 7) is 7.15. The standard InChI is InChI=1S/C14H18BrN3OS/c1-4-7-16-9(2)11-5-6-13(12(15)8-11)20-14-18-17-10(3)19-14/h5-6,8-9,16H,4,7H2,1-3H3. The normalized spacial score (nSPS) is 12.6. The van der Waals surface area contributed by atoms with Crippen LogP contribution in [0.3, 0.4) is 0 Å². The molecule has 0 saturated carbocycles. The van der Waals surface area contributed by atoms with Crippen molar-refractivity contribution in [1.29, 1.82) is 0 Å². The van der Waals surface area contributed by atoms with Gasteiger partial charge in [0.05, 0.1) is 0 Å². The van der Waals surface area contributed by atoms with E-state index in [0.717, 1.165) is 22.3 Å². The maximum absolute atomic E-state index is 5.38. The van der Waals surface area contributed by atoms with Gasteiger partial charge in [-0.25, -0.2) is 0 Å². The number of nitrogens with zero attached hydrogens (tertiary/aromatic N) is 2. The Morgan fingerprint density at radius 2 is 2.20 bits per heavy atom. The molecule has 1 N–H and O–H groups in total. The molecule has 1 heterocycles. The molecule has 1 unspecified atom stereocenters. The van der Waals surface area contributed by atoms with Crippen LogP contribution >= 0.6 is 27.7 Å². The molecule has 0 saturated heterocycles. The number of aromatic nitrogens is 2. The van der Waals surface area contributed by atoms with E-state index in [4.69, 9.17) is 4.42 Å². The number of benzene rings is 1. The van der Waals surface area contributed by atoms with Gasteiger partial charge >= 0.3 is 0 Å². The Labute approximate surface area is 131 Å². The van der Waals surface area contributed by atoms with Crippen molar-refractivity contribution >= 4 is 27.7 Å². The third-order valence-corrected chi connectivity index (χ3v) is 4.70. The predicted octanol–water partition coefficient (Wildman–Crippen LogP) is 4.35. The Morgan fingerprint density at radius 3 is 2.80 bits per heavy atom. The molecule has 6 heteroatoms. The number of hydrogen-bond donors (Lipinski definition) is 1. The van der Waals surface area contributed by atoms with E-state index < -0.39 is 0 Å². The molecule has 20 heavy (non-hydrogen) atoms. The number of halogens is 1. The SMILES string of the molecule is CCCNC(C)c1ccc(Sc2nnc(C)o2)c(Br)c1. The first-order valence-electron chi connectivity index (χ1n) is 6.61. The number of hydrogen-bond acceptors (Lipinski definition) is 5. The minimum atomic E-state index is 0.343. The van der Waals surface area contributed by atoms with Gasteiger partial charge in [0.25, 0.3) is 5.22 Å². The highest BCUT2D eigenvalue weighted by Gasteiger charge is 2.11. The lowest BCUT2D eigenvalue weighted by molar-refractivity contribution is 0.429. The summed E-state index contributed by atoms with van der Waals surface area (Å²) in [6, 6.07) is 6.69. The van der Waals surface area contributed by atoms with E-state index in [1.165, 1.54) is 17.3 Å². The Kier molecular flexibility index (Phi) is 5.63. The van der Waals surface area contributed by atoms with Crippen molar-refractivity contribution in [2.75, 3.05) is 6.54 Å². The van der Waals surface area contributed by atoms with Crippen molar-refractivity contribution in [3.63, 3.8) is 0 Å². The summed E-state index contributed by atoms with van der Waals surface area (Å²) < 4.78 is 6.42. The summed E-state index contributed by atoms with van der Waals surface area (Å²) in [5.41, 5.74) is 1.26. The van der Waals surface area contributed by atoms with Gasteiger partial charge in [0.1, 0.15) is 0 Å². The largest absolute Gasteiger partial charge is 0.416 e. The van der Waals surface area contributed by atoms with Crippen molar-refractivity contribution in [2.24, 2.45) is 0 Å². The number of aryl methyl sites for hydroxylation is 1. The van der Waals surface area contributed by atoms with E-state index >= 15 is 0 Å². The highest BCUT2D eigenvalue weighted by Crippen LogP contribution is 2.34. The minimum Gasteiger partial charge on any atom is -0.416 e. The lowest BCUT2D eigenvalue weighted by atomic mass is 10.1. The molecule has 108 valence electrons. The van der Waals surface area contributed by atoms with Gasteiger partial charge in [0.15, 0.2) is 0 Å². The van der Waals surface area contributed by atoms with Crippen LogP contribution < -0.4 is 5.32 Å². The summed E-state index contributed by atoms with van der Waals surface area (Å²) in [5.74, 6) is 0.581. The van der Waals surface area contributed by atoms with Crippen LogP contribution in [0.4, 0.5) is 0 Å². The van der Waals surface area contributed by atoms with Crippen molar-refractivity contribution in [3.05, 3.63) is 34.1 Å². The van der Waals surface area contributed by atoms with Crippen LogP contribution in [-0.4, -0.2) is 16.7 Å². The van der Waals surface area contributed by atoms with Gasteiger partial charge in [-0.2, -0.15) is 0 Å². The fourth-order valence-corrected chi connectivity index (χ4v) is 3.13. The molecule has 2 rings (SSSR count). The predicted molar refractivity (Wildman–Crippen MR) is 84.0 cm³/mol. The Balaban J connectivity index is 2.09. The van der Waals surface area contributed by atoms with Crippen molar-refractivity contribution in [2.45, 2.75) is 43.4 Å². The molecule has 0 bridgehead atoms. The molecule has 0 spiro atoms. The maximum atomic E-state index is 5.38. The quantitative estimate of drug-likeness (QED) is 0.834. The van der Waals surface area contributed by atoms with Crippen LogP contribution in [0.5, 0.6) is 0 Å². The first-order chi connectivity index (χ1) is 9.60. The zero-order chi connectivity index (χ0) is 14.5. The lowest BCUT2D eigenvalue weighted by Gasteiger charge is -2.14. The number of nitrogens with one attached hydrogen (secondary N) is 1. The molecule has 0 amide bonds. The molecule has 0 aliphatic rings. The van der Waals surface area contributed by atoms with Gasteiger partial charge in [-0.05, 0) is 65.3 Å². The van der Waals surface area contributed by atoms with Gasteiger partial charge in [-0.3, -0.25) is 0 Å². The molecule has 4 nitrogen and oxygen atoms in total. The van der Waals surface area contributed by atoms with Crippen molar-refractivity contribution < 1.29 is 4.42 Å². The first kappa shape index (κ1) is 15.5. The third-order valence-electron chi connectivity index (χ3n) is 2.86. The summed E-state index contributed by atoms with van der Waals surface area (Å²) in [5, 5.41) is 11.9. The monoisotopic (exact) mass is 355 g/mol. The van der Waals surface area contributed by atoms with Gasteiger partial charge in [-0.15, -0.1) is 10.2 Å². The average molecular weight is 356 g/mol. The molecule has 1 aromatic heterocycles. The third kappa shape index (κ3) is 4.07. The summed E-state index contributed by atoms with van der Waals surface area (Å²) in [6.07, 6.45) is 1.13. The highest BCUT2D eigenvalue weighted by atomic mass is 79.9. The van der Waals surface area contributed by atoms with Crippen molar-refractivity contribution in [1.82, 2.24) is 15.5 Å². The van der Waals surface area contributed by atoms with Crippen LogP contribution in [0.1, 0.15) is 37.8 Å². The molecular formula is C14H18BrN3OS. The second kappa shape index (κ2) is 7.24. The summed E-state index contributed by atoms with van der Waals surface area (Å²) >= 11 is 5.08. The van der Waals surface area contributed by atoms with Gasteiger partial charge in [-0.1, -0.05) is 13.0 Å². The first-order valence-corrected chi connectivity index (χ1v) is 8.22. The fraction of sp³-hybridized carbons (Fsp3) is 0.429. The van der Waals surface area contributed by atoms with Gasteiger partial charge in [0, 0.05) is 22.3 Å². The van der Waals surface area contributed by atoms with E-state index in [9.17, 15) is 0 Å². The molecule has 0 radical (unpaired) electrons. The zero-order valence-corrected chi connectivity index (χ0v) is 14.2. The minimum absolute atomic E-state index is 0.343. The molecule has 1 atom stereocenters. The molecular weight excluding hydrogens is 338 g/mol. The molecule has 1 aromatic carbocycles. The van der Waals surface area contributed by atoms with E-state index in [0.29, 0.717) is 17.2 Å². The molecule has 0 aliphatic heterocycles. The second-order valence-corrected chi connectivity index (χ2v) is 6.40. The van der Waals surface area contributed by atoms with Crippen LogP contribution in [0.15, 0.2) is 37.2 Å². The second-order valence-electron chi connectivity index (χ2n) is 4.55. The van der Waals surface area contributed by atoms with E-state index in [-0.39, 0.29) is 0 Å². The summed E-state index contributed by atoms with van der Waals surface area (Å²) in [4.78, 5) is 1.07. The Morgan fingerprint density at radius 1 is 1.40 bits per heavy atom. The van der Waals surface area contributed by atoms with Gasteiger partial charge < -0.3 is 9.73 Å². The Hall–Kier alpha value is -0.850. The van der Waals surface area contributed by atoms with Crippen LogP contribution in [0, 0.1) is 6.92 Å². The molecule has 2 aromatic rings. The lowest BCUT2D eigenvalue weighted by Crippen LogP contribution is -2.19. The maximum Gasteiger partial charge on any atom is 0.281 e. The van der Waals surface area contributed by atoms with Crippen molar-refractivity contribution in [3.8, 4) is 0 Å². The smallest absolute Gasteiger partial charge is 0.281 e. The topological polar surface area (TPSA) is 51.0 Å². The van der Waals surface area contributed by atoms with E-state index in [1.807, 2.05) is 0 Å². The zero-order valence-electron chi connectivity index (χ0n) is 11.8. The summed E-state index contributed by atoms with van der Waals surface area (Å²) in [7, 11) is 0. The molecule has 0 aliphatic carbocycles. The van der Waals surface area contributed by atoms with Crippen LogP contribution in [0.25, 0.3) is 0 Å². The highest BCUT2D eigenvalue weighted by molar-refractivity contribution is 9.10. The van der Waals surface area contributed by atoms with Crippen LogP contribution in [0.2, 0.25) is 0 Å². The Bertz CT molecular complexity index is 573. The van der Waals surface area contributed by atoms with E-state index in [1.54, 1.807) is 6.92 Å². The molecule has 0 fully saturated rings. The van der Waals surface area contributed by atoms with E-state index in [2.05, 4.69) is 63.5 Å².